The zero-order valence-corrected chi connectivity index (χ0v) is 12.4. The van der Waals surface area contributed by atoms with E-state index in [-0.39, 0.29) is 10.9 Å². The molecular formula is C12H7F3N4OS2. The van der Waals surface area contributed by atoms with Crippen molar-refractivity contribution in [2.75, 3.05) is 0 Å². The first kappa shape index (κ1) is 15.0. The summed E-state index contributed by atoms with van der Waals surface area (Å²) in [5.74, 6) is 0.937. The minimum Gasteiger partial charge on any atom is -0.338 e. The molecule has 22 heavy (non-hydrogen) atoms. The van der Waals surface area contributed by atoms with Gasteiger partial charge in [-0.2, -0.15) is 29.5 Å². The van der Waals surface area contributed by atoms with Crippen molar-refractivity contribution >= 4 is 23.1 Å². The molecule has 0 aliphatic heterocycles. The predicted molar refractivity (Wildman–Crippen MR) is 74.2 cm³/mol. The highest BCUT2D eigenvalue weighted by Gasteiger charge is 2.32. The lowest BCUT2D eigenvalue weighted by molar-refractivity contribution is -0.141. The minimum absolute atomic E-state index is 0.00473. The molecule has 0 N–H and O–H groups in total. The van der Waals surface area contributed by atoms with Crippen molar-refractivity contribution in [1.82, 2.24) is 20.1 Å². The molecule has 114 valence electrons. The highest BCUT2D eigenvalue weighted by Crippen LogP contribution is 2.29. The summed E-state index contributed by atoms with van der Waals surface area (Å²) in [4.78, 5) is 11.4. The van der Waals surface area contributed by atoms with E-state index in [4.69, 9.17) is 4.52 Å². The Kier molecular flexibility index (Phi) is 4.12. The molecule has 0 spiro atoms. The van der Waals surface area contributed by atoms with Crippen molar-refractivity contribution in [3.05, 3.63) is 40.7 Å². The van der Waals surface area contributed by atoms with Gasteiger partial charge in [0.2, 0.25) is 11.7 Å². The average molecular weight is 344 g/mol. The molecule has 10 heteroatoms. The summed E-state index contributed by atoms with van der Waals surface area (Å²) in [7, 11) is 0. The quantitative estimate of drug-likeness (QED) is 0.528. The van der Waals surface area contributed by atoms with Crippen LogP contribution in [0.4, 0.5) is 13.2 Å². The maximum absolute atomic E-state index is 12.6. The summed E-state index contributed by atoms with van der Waals surface area (Å²) in [6.45, 7) is 0. The molecule has 0 aliphatic carbocycles. The Bertz CT molecular complexity index is 758. The fraction of sp³-hybridized carbons (Fsp3) is 0.167. The number of hydrogen-bond acceptors (Lipinski definition) is 7. The lowest BCUT2D eigenvalue weighted by Crippen LogP contribution is -2.08. The van der Waals surface area contributed by atoms with E-state index in [0.29, 0.717) is 11.7 Å². The van der Waals surface area contributed by atoms with E-state index in [2.05, 4.69) is 20.1 Å². The van der Waals surface area contributed by atoms with Crippen LogP contribution in [0.3, 0.4) is 0 Å². The van der Waals surface area contributed by atoms with Gasteiger partial charge in [0.05, 0.1) is 5.75 Å². The highest BCUT2D eigenvalue weighted by molar-refractivity contribution is 7.98. The summed E-state index contributed by atoms with van der Waals surface area (Å²) >= 11 is 2.50. The van der Waals surface area contributed by atoms with Gasteiger partial charge in [0.25, 0.3) is 0 Å². The van der Waals surface area contributed by atoms with Gasteiger partial charge >= 0.3 is 6.18 Å². The number of rotatable bonds is 4. The van der Waals surface area contributed by atoms with Crippen LogP contribution in [-0.2, 0) is 11.9 Å². The second-order valence-corrected chi connectivity index (χ2v) is 5.76. The largest absolute Gasteiger partial charge is 0.433 e. The van der Waals surface area contributed by atoms with Gasteiger partial charge in [-0.25, -0.2) is 9.97 Å². The Morgan fingerprint density at radius 1 is 1.23 bits per heavy atom. The van der Waals surface area contributed by atoms with Crippen LogP contribution in [-0.4, -0.2) is 20.1 Å². The van der Waals surface area contributed by atoms with Crippen LogP contribution in [0.25, 0.3) is 11.4 Å². The average Bonchev–Trinajstić information content (AvgIpc) is 3.15. The number of halogens is 3. The topological polar surface area (TPSA) is 64.7 Å². The molecule has 0 amide bonds. The van der Waals surface area contributed by atoms with Gasteiger partial charge in [-0.3, -0.25) is 0 Å². The van der Waals surface area contributed by atoms with Gasteiger partial charge in [-0.1, -0.05) is 16.9 Å². The molecule has 0 atom stereocenters. The molecule has 0 radical (unpaired) electrons. The molecule has 0 aromatic carbocycles. The summed E-state index contributed by atoms with van der Waals surface area (Å²) in [6.07, 6.45) is -3.42. The van der Waals surface area contributed by atoms with Gasteiger partial charge in [0.15, 0.2) is 5.16 Å². The molecule has 3 rings (SSSR count). The van der Waals surface area contributed by atoms with Crippen molar-refractivity contribution in [3.63, 3.8) is 0 Å². The Balaban J connectivity index is 1.68. The molecule has 0 saturated carbocycles. The molecule has 0 bridgehead atoms. The van der Waals surface area contributed by atoms with Crippen LogP contribution in [0.2, 0.25) is 0 Å². The van der Waals surface area contributed by atoms with E-state index in [1.807, 2.05) is 16.8 Å². The van der Waals surface area contributed by atoms with E-state index in [0.717, 1.165) is 29.6 Å². The summed E-state index contributed by atoms with van der Waals surface area (Å²) in [5.41, 5.74) is -0.144. The fourth-order valence-electron chi connectivity index (χ4n) is 1.52. The standard InChI is InChI=1S/C12H7F3N4OS2/c13-12(14,15)8-1-3-16-11(17-8)22-6-9-18-10(19-20-9)7-2-4-21-5-7/h1-5H,6H2. The third-order valence-electron chi connectivity index (χ3n) is 2.50. The van der Waals surface area contributed by atoms with Crippen LogP contribution in [0.15, 0.2) is 38.8 Å². The molecule has 0 aliphatic rings. The molecule has 0 saturated heterocycles. The number of nitrogens with zero attached hydrogens (tertiary/aromatic N) is 4. The Morgan fingerprint density at radius 2 is 2.09 bits per heavy atom. The van der Waals surface area contributed by atoms with Crippen molar-refractivity contribution in [2.45, 2.75) is 17.1 Å². The van der Waals surface area contributed by atoms with Crippen molar-refractivity contribution in [1.29, 1.82) is 0 Å². The molecule has 3 heterocycles. The monoisotopic (exact) mass is 344 g/mol. The van der Waals surface area contributed by atoms with Crippen LogP contribution < -0.4 is 0 Å². The fourth-order valence-corrected chi connectivity index (χ4v) is 2.82. The number of alkyl halides is 3. The highest BCUT2D eigenvalue weighted by atomic mass is 32.2. The van der Waals surface area contributed by atoms with E-state index >= 15 is 0 Å². The number of thioether (sulfide) groups is 1. The third-order valence-corrected chi connectivity index (χ3v) is 4.03. The zero-order valence-electron chi connectivity index (χ0n) is 10.7. The molecule has 5 nitrogen and oxygen atoms in total. The first-order chi connectivity index (χ1) is 10.5. The smallest absolute Gasteiger partial charge is 0.338 e. The Hall–Kier alpha value is -1.94. The first-order valence-corrected chi connectivity index (χ1v) is 7.83. The molecule has 0 fully saturated rings. The summed E-state index contributed by atoms with van der Waals surface area (Å²) < 4.78 is 42.7. The Labute approximate surface area is 130 Å². The molecular weight excluding hydrogens is 337 g/mol. The second kappa shape index (κ2) is 6.05. The van der Waals surface area contributed by atoms with E-state index < -0.39 is 11.9 Å². The molecule has 0 unspecified atom stereocenters. The number of hydrogen-bond donors (Lipinski definition) is 0. The van der Waals surface area contributed by atoms with Gasteiger partial charge in [0.1, 0.15) is 5.69 Å². The first-order valence-electron chi connectivity index (χ1n) is 5.90. The van der Waals surface area contributed by atoms with Crippen molar-refractivity contribution in [2.24, 2.45) is 0 Å². The maximum atomic E-state index is 12.6. The normalized spacial score (nSPS) is 11.8. The maximum Gasteiger partial charge on any atom is 0.433 e. The van der Waals surface area contributed by atoms with Crippen LogP contribution in [0, 0.1) is 0 Å². The van der Waals surface area contributed by atoms with E-state index in [1.165, 1.54) is 11.3 Å². The number of aromatic nitrogens is 4. The van der Waals surface area contributed by atoms with Gasteiger partial charge in [-0.05, 0) is 17.5 Å². The van der Waals surface area contributed by atoms with Crippen LogP contribution in [0.1, 0.15) is 11.6 Å². The lowest BCUT2D eigenvalue weighted by atomic mass is 10.3. The van der Waals surface area contributed by atoms with Gasteiger partial charge in [-0.15, -0.1) is 0 Å². The third kappa shape index (κ3) is 3.45. The second-order valence-electron chi connectivity index (χ2n) is 4.03. The number of thiophene rings is 1. The minimum atomic E-state index is -4.49. The van der Waals surface area contributed by atoms with Crippen LogP contribution >= 0.6 is 23.1 Å². The van der Waals surface area contributed by atoms with E-state index in [1.54, 1.807) is 0 Å². The summed E-state index contributed by atoms with van der Waals surface area (Å²) in [5, 5.41) is 7.58. The molecule has 3 aromatic heterocycles. The predicted octanol–water partition coefficient (Wildman–Crippen LogP) is 3.90. The zero-order chi connectivity index (χ0) is 15.6. The van der Waals surface area contributed by atoms with Crippen molar-refractivity contribution in [3.8, 4) is 11.4 Å². The molecule has 3 aromatic rings. The Morgan fingerprint density at radius 3 is 2.82 bits per heavy atom. The van der Waals surface area contributed by atoms with Gasteiger partial charge in [0, 0.05) is 17.1 Å². The van der Waals surface area contributed by atoms with Crippen LogP contribution in [0.5, 0.6) is 0 Å². The lowest BCUT2D eigenvalue weighted by Gasteiger charge is -2.05. The summed E-state index contributed by atoms with van der Waals surface area (Å²) in [6, 6.07) is 2.67. The SMILES string of the molecule is FC(F)(F)c1ccnc(SCc2nc(-c3ccsc3)no2)n1. The van der Waals surface area contributed by atoms with E-state index in [9.17, 15) is 13.2 Å². The van der Waals surface area contributed by atoms with Gasteiger partial charge < -0.3 is 4.52 Å². The van der Waals surface area contributed by atoms with Crippen molar-refractivity contribution < 1.29 is 17.7 Å².